The molecule has 0 heterocycles. The number of nitrogens with two attached hydrogens (primary N) is 3. The molecule has 0 unspecified atom stereocenters. The molecule has 6 nitrogen and oxygen atoms in total. The minimum atomic E-state index is -0.483. The molecule has 6 N–H and O–H groups in total. The number of carbonyl (C=O) groups is 2. The summed E-state index contributed by atoms with van der Waals surface area (Å²) in [4.78, 5) is 20.6. The van der Waals surface area contributed by atoms with E-state index in [0.29, 0.717) is 19.3 Å². The molecule has 0 aliphatic heterocycles. The Labute approximate surface area is 119 Å². The molecule has 0 saturated heterocycles. The highest BCUT2D eigenvalue weighted by Gasteiger charge is 2.03. The van der Waals surface area contributed by atoms with Crippen molar-refractivity contribution in [2.75, 3.05) is 6.61 Å². The summed E-state index contributed by atoms with van der Waals surface area (Å²) < 4.78 is 4.65. The third-order valence-electron chi connectivity index (χ3n) is 2.26. The van der Waals surface area contributed by atoms with E-state index in [4.69, 9.17) is 17.2 Å². The fourth-order valence-electron chi connectivity index (χ4n) is 1.19. The smallest absolute Gasteiger partial charge is 0.305 e. The Balaban J connectivity index is 0.000000388. The first kappa shape index (κ1) is 18.2. The van der Waals surface area contributed by atoms with Crippen LogP contribution in [0, 0.1) is 0 Å². The monoisotopic (exact) mass is 281 g/mol. The molecule has 20 heavy (non-hydrogen) atoms. The van der Waals surface area contributed by atoms with Gasteiger partial charge in [0.05, 0.1) is 12.8 Å². The summed E-state index contributed by atoms with van der Waals surface area (Å²) >= 11 is 0. The third-order valence-corrected chi connectivity index (χ3v) is 2.26. The summed E-state index contributed by atoms with van der Waals surface area (Å²) in [6.07, 6.45) is 1.06. The second-order valence-corrected chi connectivity index (χ2v) is 4.07. The van der Waals surface area contributed by atoms with E-state index >= 15 is 0 Å². The zero-order valence-corrected chi connectivity index (χ0v) is 11.5. The number of esters is 1. The van der Waals surface area contributed by atoms with Crippen LogP contribution < -0.4 is 17.2 Å². The summed E-state index contributed by atoms with van der Waals surface area (Å²) in [7, 11) is 0. The third kappa shape index (κ3) is 11.3. The van der Waals surface area contributed by atoms with Gasteiger partial charge in [-0.3, -0.25) is 4.79 Å². The van der Waals surface area contributed by atoms with Gasteiger partial charge in [-0.25, -0.2) is 0 Å². The molecule has 0 saturated carbocycles. The van der Waals surface area contributed by atoms with Gasteiger partial charge < -0.3 is 26.7 Å². The standard InChI is InChI=1S/C7H14N2O3.C7H9N/c8-6(9)2-3-7(11)12-5-1-4-10;8-6-7-4-2-1-3-5-7/h4,6H,1-3,5,8-9H2;1-5H,6,8H2. The Morgan fingerprint density at radius 1 is 1.25 bits per heavy atom. The van der Waals surface area contributed by atoms with Crippen LogP contribution in [0.4, 0.5) is 0 Å². The van der Waals surface area contributed by atoms with Crippen LogP contribution in [-0.2, 0) is 20.9 Å². The fraction of sp³-hybridized carbons (Fsp3) is 0.429. The Morgan fingerprint density at radius 2 is 1.90 bits per heavy atom. The van der Waals surface area contributed by atoms with Gasteiger partial charge in [0.2, 0.25) is 0 Å². The van der Waals surface area contributed by atoms with Crippen LogP contribution in [0.2, 0.25) is 0 Å². The van der Waals surface area contributed by atoms with E-state index in [1.165, 1.54) is 5.56 Å². The van der Waals surface area contributed by atoms with E-state index in [1.807, 2.05) is 30.3 Å². The van der Waals surface area contributed by atoms with Crippen molar-refractivity contribution in [3.8, 4) is 0 Å². The van der Waals surface area contributed by atoms with E-state index in [-0.39, 0.29) is 25.4 Å². The van der Waals surface area contributed by atoms with Crippen molar-refractivity contribution in [2.45, 2.75) is 32.0 Å². The molecule has 0 aliphatic carbocycles. The van der Waals surface area contributed by atoms with Gasteiger partial charge in [0.15, 0.2) is 0 Å². The molecular formula is C14H23N3O3. The van der Waals surface area contributed by atoms with Crippen molar-refractivity contribution in [1.82, 2.24) is 0 Å². The number of ether oxygens (including phenoxy) is 1. The largest absolute Gasteiger partial charge is 0.465 e. The maximum Gasteiger partial charge on any atom is 0.305 e. The van der Waals surface area contributed by atoms with Crippen LogP contribution in [0.3, 0.4) is 0 Å². The molecule has 0 atom stereocenters. The maximum atomic E-state index is 10.8. The molecule has 1 aromatic rings. The number of carbonyl (C=O) groups excluding carboxylic acids is 2. The first-order valence-corrected chi connectivity index (χ1v) is 6.44. The molecular weight excluding hydrogens is 258 g/mol. The second-order valence-electron chi connectivity index (χ2n) is 4.07. The van der Waals surface area contributed by atoms with Gasteiger partial charge in [-0.1, -0.05) is 30.3 Å². The van der Waals surface area contributed by atoms with Crippen LogP contribution in [0.1, 0.15) is 24.8 Å². The minimum absolute atomic E-state index is 0.141. The highest BCUT2D eigenvalue weighted by Crippen LogP contribution is 1.94. The van der Waals surface area contributed by atoms with E-state index in [1.54, 1.807) is 0 Å². The van der Waals surface area contributed by atoms with Crippen LogP contribution in [0.5, 0.6) is 0 Å². The summed E-state index contributed by atoms with van der Waals surface area (Å²) in [5, 5.41) is 0. The topological polar surface area (TPSA) is 121 Å². The molecule has 6 heteroatoms. The predicted molar refractivity (Wildman–Crippen MR) is 77.4 cm³/mol. The number of hydrogen-bond acceptors (Lipinski definition) is 6. The average molecular weight is 281 g/mol. The van der Waals surface area contributed by atoms with Crippen molar-refractivity contribution in [3.05, 3.63) is 35.9 Å². The zero-order chi connectivity index (χ0) is 15.2. The van der Waals surface area contributed by atoms with Gasteiger partial charge in [0.25, 0.3) is 0 Å². The molecule has 1 aromatic carbocycles. The van der Waals surface area contributed by atoms with Gasteiger partial charge >= 0.3 is 5.97 Å². The first-order valence-electron chi connectivity index (χ1n) is 6.44. The summed E-state index contributed by atoms with van der Waals surface area (Å²) in [6.45, 7) is 0.781. The molecule has 0 amide bonds. The van der Waals surface area contributed by atoms with Crippen molar-refractivity contribution >= 4 is 12.3 Å². The Morgan fingerprint density at radius 3 is 2.35 bits per heavy atom. The van der Waals surface area contributed by atoms with E-state index in [0.717, 1.165) is 0 Å². The van der Waals surface area contributed by atoms with Gasteiger partial charge in [-0.05, 0) is 12.0 Å². The molecule has 0 bridgehead atoms. The van der Waals surface area contributed by atoms with Crippen LogP contribution in [-0.4, -0.2) is 25.0 Å². The second kappa shape index (κ2) is 12.3. The molecule has 0 spiro atoms. The fourth-order valence-corrected chi connectivity index (χ4v) is 1.19. The van der Waals surface area contributed by atoms with Crippen LogP contribution in [0.25, 0.3) is 0 Å². The maximum absolute atomic E-state index is 10.8. The lowest BCUT2D eigenvalue weighted by Gasteiger charge is -2.04. The highest BCUT2D eigenvalue weighted by atomic mass is 16.5. The average Bonchev–Trinajstić information content (AvgIpc) is 2.47. The summed E-state index contributed by atoms with van der Waals surface area (Å²) in [5.41, 5.74) is 17.0. The minimum Gasteiger partial charge on any atom is -0.465 e. The first-order chi connectivity index (χ1) is 9.60. The van der Waals surface area contributed by atoms with Crippen molar-refractivity contribution in [2.24, 2.45) is 17.2 Å². The zero-order valence-electron chi connectivity index (χ0n) is 11.5. The van der Waals surface area contributed by atoms with Crippen LogP contribution >= 0.6 is 0 Å². The van der Waals surface area contributed by atoms with Gasteiger partial charge in [0, 0.05) is 19.4 Å². The van der Waals surface area contributed by atoms with Gasteiger partial charge in [0.1, 0.15) is 6.29 Å². The molecule has 112 valence electrons. The van der Waals surface area contributed by atoms with E-state index in [2.05, 4.69) is 4.74 Å². The Hall–Kier alpha value is -1.76. The van der Waals surface area contributed by atoms with Gasteiger partial charge in [-0.2, -0.15) is 0 Å². The quantitative estimate of drug-likeness (QED) is 0.286. The molecule has 0 aliphatic rings. The normalized spacial score (nSPS) is 9.60. The number of benzene rings is 1. The Bertz CT molecular complexity index is 369. The lowest BCUT2D eigenvalue weighted by molar-refractivity contribution is -0.144. The predicted octanol–water partition coefficient (Wildman–Crippen LogP) is 0.288. The van der Waals surface area contributed by atoms with Crippen molar-refractivity contribution in [3.63, 3.8) is 0 Å². The molecule has 0 fully saturated rings. The van der Waals surface area contributed by atoms with E-state index < -0.39 is 6.17 Å². The van der Waals surface area contributed by atoms with Gasteiger partial charge in [-0.15, -0.1) is 0 Å². The van der Waals surface area contributed by atoms with E-state index in [9.17, 15) is 9.59 Å². The molecule has 0 radical (unpaired) electrons. The number of rotatable bonds is 7. The molecule has 0 aromatic heterocycles. The summed E-state index contributed by atoms with van der Waals surface area (Å²) in [6, 6.07) is 9.99. The van der Waals surface area contributed by atoms with Crippen molar-refractivity contribution < 1.29 is 14.3 Å². The SMILES string of the molecule is NC(N)CCC(=O)OCCC=O.NCc1ccccc1. The summed E-state index contributed by atoms with van der Waals surface area (Å²) in [5.74, 6) is -0.363. The number of aldehydes is 1. The van der Waals surface area contributed by atoms with Crippen LogP contribution in [0.15, 0.2) is 30.3 Å². The number of hydrogen-bond donors (Lipinski definition) is 3. The molecule has 1 rings (SSSR count). The lowest BCUT2D eigenvalue weighted by atomic mass is 10.2. The lowest BCUT2D eigenvalue weighted by Crippen LogP contribution is -2.31. The highest BCUT2D eigenvalue weighted by molar-refractivity contribution is 5.69. The Kier molecular flexibility index (Phi) is 11.2. The van der Waals surface area contributed by atoms with Crippen molar-refractivity contribution in [1.29, 1.82) is 0 Å².